The van der Waals surface area contributed by atoms with Gasteiger partial charge in [0.1, 0.15) is 11.2 Å². The zero-order valence-corrected chi connectivity index (χ0v) is 34.9. The monoisotopic (exact) mass is 813 g/mol. The van der Waals surface area contributed by atoms with Gasteiger partial charge in [0.15, 0.2) is 0 Å². The average Bonchev–Trinajstić information content (AvgIpc) is 3.77. The minimum Gasteiger partial charge on any atom is -0.455 e. The van der Waals surface area contributed by atoms with Crippen LogP contribution >= 0.6 is 0 Å². The van der Waals surface area contributed by atoms with Crippen molar-refractivity contribution in [2.75, 3.05) is 4.90 Å². The highest BCUT2D eigenvalue weighted by Crippen LogP contribution is 2.48. The minimum atomic E-state index is 0.861. The van der Waals surface area contributed by atoms with Crippen LogP contribution in [0.2, 0.25) is 0 Å². The van der Waals surface area contributed by atoms with Crippen molar-refractivity contribution in [2.24, 2.45) is 0 Å². The highest BCUT2D eigenvalue weighted by Gasteiger charge is 2.22. The molecule has 64 heavy (non-hydrogen) atoms. The van der Waals surface area contributed by atoms with Crippen LogP contribution in [0, 0.1) is 0 Å². The number of fused-ring (bicyclic) bond motifs is 11. The molecule has 1 heterocycles. The van der Waals surface area contributed by atoms with Crippen LogP contribution in [-0.2, 0) is 0 Å². The third kappa shape index (κ3) is 5.66. The van der Waals surface area contributed by atoms with Gasteiger partial charge in [-0.1, -0.05) is 188 Å². The molecule has 13 rings (SSSR count). The van der Waals surface area contributed by atoms with Gasteiger partial charge in [0.2, 0.25) is 0 Å². The molecule has 1 aromatic heterocycles. The van der Waals surface area contributed by atoms with E-state index < -0.39 is 0 Å². The predicted octanol–water partition coefficient (Wildman–Crippen LogP) is 17.8. The van der Waals surface area contributed by atoms with Crippen LogP contribution < -0.4 is 4.90 Å². The van der Waals surface area contributed by atoms with Crippen molar-refractivity contribution in [3.8, 4) is 33.4 Å². The van der Waals surface area contributed by atoms with Gasteiger partial charge in [0.05, 0.1) is 11.1 Å². The Bertz CT molecular complexity index is 3940. The quantitative estimate of drug-likeness (QED) is 0.156. The molecular weight excluding hydrogens is 775 g/mol. The van der Waals surface area contributed by atoms with Crippen LogP contribution in [0.1, 0.15) is 0 Å². The van der Waals surface area contributed by atoms with E-state index in [-0.39, 0.29) is 0 Å². The SMILES string of the molecule is c1ccc(-c2c(-c3ccc(N(c4ccc(-c5cc6ccccc6c6ccccc56)cc4)c4cccc5oc6c7ccccc7ccc6c45)cc3)c3ccccc3c3ccccc23)cc1. The van der Waals surface area contributed by atoms with E-state index in [9.17, 15) is 0 Å². The van der Waals surface area contributed by atoms with Crippen LogP contribution in [0.15, 0.2) is 241 Å². The molecule has 0 N–H and O–H groups in total. The lowest BCUT2D eigenvalue weighted by Gasteiger charge is -2.27. The fourth-order valence-corrected chi connectivity index (χ4v) is 10.4. The number of rotatable bonds is 6. The molecule has 0 saturated heterocycles. The van der Waals surface area contributed by atoms with E-state index in [1.807, 2.05) is 0 Å². The van der Waals surface area contributed by atoms with Gasteiger partial charge in [-0.15, -0.1) is 0 Å². The first-order valence-electron chi connectivity index (χ1n) is 22.0. The van der Waals surface area contributed by atoms with Gasteiger partial charge in [0.25, 0.3) is 0 Å². The highest BCUT2D eigenvalue weighted by atomic mass is 16.3. The van der Waals surface area contributed by atoms with Crippen LogP contribution in [0.4, 0.5) is 17.1 Å². The summed E-state index contributed by atoms with van der Waals surface area (Å²) in [5.41, 5.74) is 12.2. The number of hydrogen-bond acceptors (Lipinski definition) is 2. The molecule has 2 heteroatoms. The fourth-order valence-electron chi connectivity index (χ4n) is 10.4. The maximum absolute atomic E-state index is 6.76. The lowest BCUT2D eigenvalue weighted by Crippen LogP contribution is -2.10. The normalized spacial score (nSPS) is 11.8. The second-order valence-corrected chi connectivity index (χ2v) is 16.7. The molecule has 0 atom stereocenters. The first-order valence-corrected chi connectivity index (χ1v) is 22.0. The van der Waals surface area contributed by atoms with Crippen molar-refractivity contribution in [1.29, 1.82) is 0 Å². The van der Waals surface area contributed by atoms with Gasteiger partial charge in [-0.05, 0) is 130 Å². The van der Waals surface area contributed by atoms with Crippen molar-refractivity contribution in [3.05, 3.63) is 237 Å². The van der Waals surface area contributed by atoms with Gasteiger partial charge in [-0.25, -0.2) is 0 Å². The molecule has 0 saturated carbocycles. The van der Waals surface area contributed by atoms with Gasteiger partial charge in [0, 0.05) is 22.1 Å². The summed E-state index contributed by atoms with van der Waals surface area (Å²) in [5, 5.41) is 14.5. The topological polar surface area (TPSA) is 16.4 Å². The van der Waals surface area contributed by atoms with Gasteiger partial charge < -0.3 is 9.32 Å². The summed E-state index contributed by atoms with van der Waals surface area (Å²) in [6.07, 6.45) is 0. The van der Waals surface area contributed by atoms with Gasteiger partial charge in [-0.3, -0.25) is 0 Å². The molecule has 0 amide bonds. The van der Waals surface area contributed by atoms with E-state index in [4.69, 9.17) is 4.42 Å². The largest absolute Gasteiger partial charge is 0.455 e. The van der Waals surface area contributed by atoms with E-state index >= 15 is 0 Å². The molecule has 0 radical (unpaired) electrons. The second-order valence-electron chi connectivity index (χ2n) is 16.7. The summed E-state index contributed by atoms with van der Waals surface area (Å²) in [6, 6.07) is 86.0. The van der Waals surface area contributed by atoms with Crippen molar-refractivity contribution in [1.82, 2.24) is 0 Å². The maximum atomic E-state index is 6.76. The zero-order chi connectivity index (χ0) is 42.1. The van der Waals surface area contributed by atoms with E-state index in [2.05, 4.69) is 241 Å². The van der Waals surface area contributed by atoms with Gasteiger partial charge >= 0.3 is 0 Å². The molecule has 0 unspecified atom stereocenters. The van der Waals surface area contributed by atoms with E-state index in [0.717, 1.165) is 49.8 Å². The van der Waals surface area contributed by atoms with Crippen molar-refractivity contribution in [2.45, 2.75) is 0 Å². The summed E-state index contributed by atoms with van der Waals surface area (Å²) in [4.78, 5) is 2.40. The Hall–Kier alpha value is -8.46. The lowest BCUT2D eigenvalue weighted by molar-refractivity contribution is 0.672. The maximum Gasteiger partial charge on any atom is 0.143 e. The van der Waals surface area contributed by atoms with E-state index in [1.165, 1.54) is 76.5 Å². The first-order chi connectivity index (χ1) is 31.8. The Morgan fingerprint density at radius 1 is 0.297 bits per heavy atom. The Morgan fingerprint density at radius 2 is 0.797 bits per heavy atom. The summed E-state index contributed by atoms with van der Waals surface area (Å²) < 4.78 is 6.76. The molecule has 0 fully saturated rings. The average molecular weight is 814 g/mol. The Balaban J connectivity index is 1.02. The third-order valence-electron chi connectivity index (χ3n) is 13.2. The minimum absolute atomic E-state index is 0.861. The summed E-state index contributed by atoms with van der Waals surface area (Å²) in [6.45, 7) is 0. The molecule has 0 aliphatic rings. The zero-order valence-electron chi connectivity index (χ0n) is 34.9. The van der Waals surface area contributed by atoms with Crippen LogP contribution in [-0.4, -0.2) is 0 Å². The lowest BCUT2D eigenvalue weighted by atomic mass is 9.85. The number of benzene rings is 12. The first kappa shape index (κ1) is 36.2. The third-order valence-corrected chi connectivity index (χ3v) is 13.2. The van der Waals surface area contributed by atoms with E-state index in [1.54, 1.807) is 0 Å². The summed E-state index contributed by atoms with van der Waals surface area (Å²) >= 11 is 0. The molecule has 13 aromatic rings. The predicted molar refractivity (Wildman–Crippen MR) is 272 cm³/mol. The summed E-state index contributed by atoms with van der Waals surface area (Å²) in [5.74, 6) is 0. The van der Waals surface area contributed by atoms with Gasteiger partial charge in [-0.2, -0.15) is 0 Å². The molecule has 2 nitrogen and oxygen atoms in total. The standard InChI is InChI=1S/C62H39NO/c1-2-16-42(17-3-1)59-53-25-12-10-22-50(53)51-23-11-13-26-54(51)60(59)43-31-36-46(37-32-43)63(57-27-14-28-58-61(57)55-38-33-40-15-4-7-20-48(40)62(55)64-58)45-34-29-41(30-35-45)56-39-44-18-5-6-19-47(44)49-21-8-9-24-52(49)56/h1-39H. The van der Waals surface area contributed by atoms with Crippen molar-refractivity contribution in [3.63, 3.8) is 0 Å². The number of furan rings is 1. The van der Waals surface area contributed by atoms with Crippen molar-refractivity contribution >= 4 is 92.9 Å². The highest BCUT2D eigenvalue weighted by molar-refractivity contribution is 6.22. The van der Waals surface area contributed by atoms with E-state index in [0.29, 0.717) is 0 Å². The number of nitrogens with zero attached hydrogens (tertiary/aromatic N) is 1. The molecule has 298 valence electrons. The van der Waals surface area contributed by atoms with Crippen LogP contribution in [0.3, 0.4) is 0 Å². The van der Waals surface area contributed by atoms with Crippen LogP contribution in [0.5, 0.6) is 0 Å². The Kier molecular flexibility index (Phi) is 8.25. The number of hydrogen-bond donors (Lipinski definition) is 0. The second kappa shape index (κ2) is 14.6. The fraction of sp³-hybridized carbons (Fsp3) is 0. The molecule has 0 spiro atoms. The molecular formula is C62H39NO. The number of anilines is 3. The van der Waals surface area contributed by atoms with Crippen molar-refractivity contribution < 1.29 is 4.42 Å². The summed E-state index contributed by atoms with van der Waals surface area (Å²) in [7, 11) is 0. The molecule has 0 bridgehead atoms. The van der Waals surface area contributed by atoms with Crippen LogP contribution in [0.25, 0.3) is 109 Å². The smallest absolute Gasteiger partial charge is 0.143 e. The molecule has 0 aliphatic carbocycles. The Labute approximate surface area is 370 Å². The molecule has 12 aromatic carbocycles. The molecule has 0 aliphatic heterocycles. The Morgan fingerprint density at radius 3 is 1.45 bits per heavy atom.